The summed E-state index contributed by atoms with van der Waals surface area (Å²) in [4.78, 5) is 29.7. The van der Waals surface area contributed by atoms with E-state index >= 15 is 0 Å². The average molecular weight is 437 g/mol. The first kappa shape index (κ1) is 23.0. The third-order valence-electron chi connectivity index (χ3n) is 4.62. The van der Waals surface area contributed by atoms with Gasteiger partial charge in [0.2, 0.25) is 0 Å². The lowest BCUT2D eigenvalue weighted by atomic mass is 9.79. The second-order valence-corrected chi connectivity index (χ2v) is 7.39. The summed E-state index contributed by atoms with van der Waals surface area (Å²) in [5.74, 6) is 0.0674. The molecule has 0 aliphatic rings. The van der Waals surface area contributed by atoms with E-state index in [0.717, 1.165) is 0 Å². The van der Waals surface area contributed by atoms with Gasteiger partial charge in [0.1, 0.15) is 17.2 Å². The molecule has 0 aliphatic heterocycles. The lowest BCUT2D eigenvalue weighted by Gasteiger charge is -2.13. The highest BCUT2D eigenvalue weighted by molar-refractivity contribution is 6.58. The molecule has 3 rings (SSSR count). The number of carbonyl (C=O) groups is 2. The van der Waals surface area contributed by atoms with Gasteiger partial charge in [-0.25, -0.2) is 4.98 Å². The van der Waals surface area contributed by atoms with E-state index in [2.05, 4.69) is 15.6 Å². The van der Waals surface area contributed by atoms with Gasteiger partial charge >= 0.3 is 7.12 Å². The van der Waals surface area contributed by atoms with Crippen LogP contribution in [-0.2, 0) is 0 Å². The van der Waals surface area contributed by atoms with Crippen molar-refractivity contribution in [3.8, 4) is 11.5 Å². The second-order valence-electron chi connectivity index (χ2n) is 7.39. The van der Waals surface area contributed by atoms with Gasteiger partial charge < -0.3 is 30.2 Å². The number of nitrogens with one attached hydrogen (secondary N) is 2. The Kier molecular flexibility index (Phi) is 6.96. The van der Waals surface area contributed by atoms with E-state index in [1.54, 1.807) is 32.0 Å². The van der Waals surface area contributed by atoms with Gasteiger partial charge in [-0.2, -0.15) is 0 Å². The Morgan fingerprint density at radius 2 is 1.75 bits per heavy atom. The molecule has 0 fully saturated rings. The van der Waals surface area contributed by atoms with Gasteiger partial charge in [-0.3, -0.25) is 9.59 Å². The van der Waals surface area contributed by atoms with Crippen LogP contribution in [0.3, 0.4) is 0 Å². The van der Waals surface area contributed by atoms with Crippen LogP contribution >= 0.6 is 0 Å². The Labute approximate surface area is 185 Å². The van der Waals surface area contributed by atoms with Crippen LogP contribution in [0.2, 0.25) is 0 Å². The summed E-state index contributed by atoms with van der Waals surface area (Å²) < 4.78 is 10.6. The summed E-state index contributed by atoms with van der Waals surface area (Å²) in [7, 11) is 1.21. The number of carbonyl (C=O) groups excluding carboxylic acids is 2. The Morgan fingerprint density at radius 1 is 1.00 bits per heavy atom. The van der Waals surface area contributed by atoms with Crippen LogP contribution in [0.4, 0.5) is 5.69 Å². The number of anilines is 1. The van der Waals surface area contributed by atoms with Crippen LogP contribution in [0.1, 0.15) is 34.7 Å². The number of fused-ring (bicyclic) bond motifs is 1. The van der Waals surface area contributed by atoms with Gasteiger partial charge in [0.25, 0.3) is 11.8 Å². The normalized spacial score (nSPS) is 10.7. The Balaban J connectivity index is 1.97. The number of rotatable bonds is 7. The number of pyridine rings is 1. The first-order valence-electron chi connectivity index (χ1n) is 9.88. The maximum absolute atomic E-state index is 12.9. The minimum absolute atomic E-state index is 0.0606. The zero-order chi connectivity index (χ0) is 23.4. The zero-order valence-corrected chi connectivity index (χ0v) is 18.2. The molecule has 3 aromatic rings. The molecule has 0 atom stereocenters. The largest absolute Gasteiger partial charge is 0.497 e. The molecule has 2 amide bonds. The van der Waals surface area contributed by atoms with Crippen LogP contribution in [0, 0.1) is 0 Å². The molecule has 9 nitrogen and oxygen atoms in total. The second kappa shape index (κ2) is 9.67. The molecule has 0 unspecified atom stereocenters. The molecule has 0 saturated carbocycles. The highest BCUT2D eigenvalue weighted by Crippen LogP contribution is 2.28. The molecule has 1 aromatic heterocycles. The molecular weight excluding hydrogens is 413 g/mol. The van der Waals surface area contributed by atoms with E-state index in [4.69, 9.17) is 9.47 Å². The highest BCUT2D eigenvalue weighted by atomic mass is 16.5. The predicted molar refractivity (Wildman–Crippen MR) is 122 cm³/mol. The molecule has 0 spiro atoms. The van der Waals surface area contributed by atoms with Gasteiger partial charge in [0, 0.05) is 34.8 Å². The van der Waals surface area contributed by atoms with E-state index in [9.17, 15) is 19.6 Å². The number of benzene rings is 2. The van der Waals surface area contributed by atoms with Crippen LogP contribution in [0.25, 0.3) is 10.9 Å². The molecular formula is C22H24BN3O6. The molecule has 10 heteroatoms. The Hall–Kier alpha value is -3.63. The van der Waals surface area contributed by atoms with Crippen molar-refractivity contribution in [1.82, 2.24) is 10.3 Å². The van der Waals surface area contributed by atoms with Crippen molar-refractivity contribution >= 4 is 41.0 Å². The van der Waals surface area contributed by atoms with E-state index in [-0.39, 0.29) is 28.4 Å². The van der Waals surface area contributed by atoms with Gasteiger partial charge in [0.15, 0.2) is 0 Å². The summed E-state index contributed by atoms with van der Waals surface area (Å²) in [5, 5.41) is 25.3. The number of hydrogen-bond acceptors (Lipinski definition) is 7. The number of nitrogens with zero attached hydrogens (tertiary/aromatic N) is 1. The SMILES string of the molecule is COc1ccc2c(OC)cc(C(=O)Nc3cc(B(O)O)cc(C(=O)NC(C)C)c3)nc2c1. The first-order valence-corrected chi connectivity index (χ1v) is 9.88. The average Bonchev–Trinajstić information content (AvgIpc) is 2.76. The molecule has 32 heavy (non-hydrogen) atoms. The summed E-state index contributed by atoms with van der Waals surface area (Å²) in [6, 6.07) is 10.8. The molecule has 0 saturated heterocycles. The zero-order valence-electron chi connectivity index (χ0n) is 18.2. The van der Waals surface area contributed by atoms with Crippen molar-refractivity contribution in [3.63, 3.8) is 0 Å². The van der Waals surface area contributed by atoms with Crippen molar-refractivity contribution in [2.75, 3.05) is 19.5 Å². The molecule has 166 valence electrons. The predicted octanol–water partition coefficient (Wildman–Crippen LogP) is 1.32. The minimum atomic E-state index is -1.82. The fourth-order valence-electron chi connectivity index (χ4n) is 3.13. The number of aromatic nitrogens is 1. The van der Waals surface area contributed by atoms with Gasteiger partial charge in [-0.15, -0.1) is 0 Å². The van der Waals surface area contributed by atoms with Crippen molar-refractivity contribution < 1.29 is 29.1 Å². The monoisotopic (exact) mass is 437 g/mol. The van der Waals surface area contributed by atoms with Crippen molar-refractivity contribution in [1.29, 1.82) is 0 Å². The van der Waals surface area contributed by atoms with Crippen molar-refractivity contribution in [3.05, 3.63) is 53.7 Å². The third kappa shape index (κ3) is 5.16. The topological polar surface area (TPSA) is 130 Å². The molecule has 1 heterocycles. The maximum atomic E-state index is 12.9. The highest BCUT2D eigenvalue weighted by Gasteiger charge is 2.19. The van der Waals surface area contributed by atoms with Crippen LogP contribution in [0.15, 0.2) is 42.5 Å². The Morgan fingerprint density at radius 3 is 2.38 bits per heavy atom. The fourth-order valence-corrected chi connectivity index (χ4v) is 3.13. The van der Waals surface area contributed by atoms with Crippen molar-refractivity contribution in [2.45, 2.75) is 19.9 Å². The lowest BCUT2D eigenvalue weighted by molar-refractivity contribution is 0.0942. The molecule has 0 bridgehead atoms. The van der Waals surface area contributed by atoms with E-state index in [1.165, 1.54) is 38.5 Å². The van der Waals surface area contributed by atoms with Crippen molar-refractivity contribution in [2.24, 2.45) is 0 Å². The summed E-state index contributed by atoms with van der Waals surface area (Å²) in [5.41, 5.74) is 1.02. The van der Waals surface area contributed by atoms with E-state index in [1.807, 2.05) is 0 Å². The number of amides is 2. The lowest BCUT2D eigenvalue weighted by Crippen LogP contribution is -2.34. The summed E-state index contributed by atoms with van der Waals surface area (Å²) in [6.07, 6.45) is 0. The van der Waals surface area contributed by atoms with Gasteiger partial charge in [-0.05, 0) is 49.6 Å². The van der Waals surface area contributed by atoms with Crippen LogP contribution < -0.4 is 25.6 Å². The minimum Gasteiger partial charge on any atom is -0.497 e. The fraction of sp³-hybridized carbons (Fsp3) is 0.227. The number of ether oxygens (including phenoxy) is 2. The summed E-state index contributed by atoms with van der Waals surface area (Å²) in [6.45, 7) is 3.61. The maximum Gasteiger partial charge on any atom is 0.488 e. The summed E-state index contributed by atoms with van der Waals surface area (Å²) >= 11 is 0. The molecule has 0 aliphatic carbocycles. The van der Waals surface area contributed by atoms with Crippen LogP contribution in [-0.4, -0.2) is 54.2 Å². The number of hydrogen-bond donors (Lipinski definition) is 4. The molecule has 0 radical (unpaired) electrons. The third-order valence-corrected chi connectivity index (χ3v) is 4.62. The molecule has 4 N–H and O–H groups in total. The van der Waals surface area contributed by atoms with Gasteiger partial charge in [0.05, 0.1) is 19.7 Å². The van der Waals surface area contributed by atoms with E-state index in [0.29, 0.717) is 22.4 Å². The Bertz CT molecular complexity index is 1170. The number of methoxy groups -OCH3 is 2. The van der Waals surface area contributed by atoms with Gasteiger partial charge in [-0.1, -0.05) is 0 Å². The standard InChI is InChI=1S/C22H24BN3O6/c1-12(2)24-21(27)13-7-14(23(29)30)9-15(8-13)25-22(28)19-11-20(32-4)17-6-5-16(31-3)10-18(17)26-19/h5-12,29-30H,1-4H3,(H,24,27)(H,25,28). The smallest absolute Gasteiger partial charge is 0.488 e. The van der Waals surface area contributed by atoms with Crippen LogP contribution in [0.5, 0.6) is 11.5 Å². The van der Waals surface area contributed by atoms with E-state index < -0.39 is 18.9 Å². The first-order chi connectivity index (χ1) is 15.2. The quantitative estimate of drug-likeness (QED) is 0.410. The molecule has 2 aromatic carbocycles.